The summed E-state index contributed by atoms with van der Waals surface area (Å²) in [5.41, 5.74) is 6.49. The maximum absolute atomic E-state index is 12.7. The predicted octanol–water partition coefficient (Wildman–Crippen LogP) is 2.47. The van der Waals surface area contributed by atoms with Crippen molar-refractivity contribution in [1.82, 2.24) is 4.72 Å². The second-order valence-corrected chi connectivity index (χ2v) is 7.88. The highest BCUT2D eigenvalue weighted by Gasteiger charge is 2.40. The first-order valence-corrected chi connectivity index (χ1v) is 9.08. The van der Waals surface area contributed by atoms with E-state index >= 15 is 0 Å². The molecule has 1 aromatic rings. The number of nitriles is 1. The van der Waals surface area contributed by atoms with Crippen LogP contribution in [0.1, 0.15) is 43.7 Å². The van der Waals surface area contributed by atoms with Crippen LogP contribution in [0.2, 0.25) is 0 Å². The average molecular weight is 358 g/mol. The molecule has 5 nitrogen and oxygen atoms in total. The van der Waals surface area contributed by atoms with Gasteiger partial charge in [-0.1, -0.05) is 19.8 Å². The SMILES string of the molecule is Cc1cc(S(=O)(=O)NC2(CN)CCCCC2C)ccc1C#N.Cl. The van der Waals surface area contributed by atoms with Crippen LogP contribution in [0, 0.1) is 24.2 Å². The molecule has 1 aliphatic rings. The molecule has 0 bridgehead atoms. The van der Waals surface area contributed by atoms with E-state index in [0.29, 0.717) is 17.7 Å². The molecule has 2 unspecified atom stereocenters. The van der Waals surface area contributed by atoms with Crippen LogP contribution in [-0.2, 0) is 10.0 Å². The zero-order valence-corrected chi connectivity index (χ0v) is 15.1. The number of aryl methyl sites for hydroxylation is 1. The van der Waals surface area contributed by atoms with Crippen molar-refractivity contribution in [3.63, 3.8) is 0 Å². The van der Waals surface area contributed by atoms with Gasteiger partial charge in [-0.25, -0.2) is 13.1 Å². The van der Waals surface area contributed by atoms with Crippen molar-refractivity contribution >= 4 is 22.4 Å². The zero-order valence-electron chi connectivity index (χ0n) is 13.5. The Balaban J connectivity index is 0.00000264. The molecule has 2 atom stereocenters. The van der Waals surface area contributed by atoms with Gasteiger partial charge in [0, 0.05) is 12.1 Å². The Bertz CT molecular complexity index is 700. The molecular formula is C16H24ClN3O2S. The van der Waals surface area contributed by atoms with Gasteiger partial charge in [0.25, 0.3) is 0 Å². The Morgan fingerprint density at radius 1 is 1.43 bits per heavy atom. The monoisotopic (exact) mass is 357 g/mol. The Morgan fingerprint density at radius 3 is 2.65 bits per heavy atom. The standard InChI is InChI=1S/C16H23N3O2S.ClH/c1-12-9-15(7-6-14(12)10-17)22(20,21)19-16(11-18)8-4-3-5-13(16)2;/h6-7,9,13,19H,3-5,8,11,18H2,1-2H3;1H. The number of nitrogens with zero attached hydrogens (tertiary/aromatic N) is 1. The summed E-state index contributed by atoms with van der Waals surface area (Å²) in [4.78, 5) is 0.189. The van der Waals surface area contributed by atoms with Crippen LogP contribution in [-0.4, -0.2) is 20.5 Å². The second kappa shape index (κ2) is 7.63. The molecule has 7 heteroatoms. The van der Waals surface area contributed by atoms with Crippen molar-refractivity contribution < 1.29 is 8.42 Å². The summed E-state index contributed by atoms with van der Waals surface area (Å²) < 4.78 is 28.3. The first-order chi connectivity index (χ1) is 10.3. The van der Waals surface area contributed by atoms with Crippen LogP contribution in [0.4, 0.5) is 0 Å². The van der Waals surface area contributed by atoms with E-state index in [1.165, 1.54) is 6.07 Å². The number of hydrogen-bond acceptors (Lipinski definition) is 4. The van der Waals surface area contributed by atoms with E-state index in [0.717, 1.165) is 25.7 Å². The second-order valence-electron chi connectivity index (χ2n) is 6.20. The quantitative estimate of drug-likeness (QED) is 0.865. The number of benzene rings is 1. The van der Waals surface area contributed by atoms with Crippen LogP contribution >= 0.6 is 12.4 Å². The largest absolute Gasteiger partial charge is 0.329 e. The molecule has 1 fully saturated rings. The Labute approximate surface area is 144 Å². The minimum Gasteiger partial charge on any atom is -0.329 e. The molecule has 0 spiro atoms. The van der Waals surface area contributed by atoms with Gasteiger partial charge >= 0.3 is 0 Å². The molecule has 128 valence electrons. The lowest BCUT2D eigenvalue weighted by Crippen LogP contribution is -2.58. The molecule has 0 radical (unpaired) electrons. The van der Waals surface area contributed by atoms with Crippen LogP contribution in [0.5, 0.6) is 0 Å². The molecule has 0 aliphatic heterocycles. The van der Waals surface area contributed by atoms with E-state index in [9.17, 15) is 8.42 Å². The first kappa shape index (κ1) is 19.9. The molecule has 0 heterocycles. The fourth-order valence-corrected chi connectivity index (χ4v) is 4.78. The van der Waals surface area contributed by atoms with Gasteiger partial charge in [0.05, 0.1) is 16.5 Å². The molecule has 0 aromatic heterocycles. The Kier molecular flexibility index (Phi) is 6.60. The molecule has 0 amide bonds. The van der Waals surface area contributed by atoms with Gasteiger partial charge in [0.2, 0.25) is 10.0 Å². The minimum absolute atomic E-state index is 0. The van der Waals surface area contributed by atoms with Gasteiger partial charge < -0.3 is 5.73 Å². The third-order valence-corrected chi connectivity index (χ3v) is 6.33. The highest BCUT2D eigenvalue weighted by Crippen LogP contribution is 2.34. The van der Waals surface area contributed by atoms with Crippen molar-refractivity contribution in [3.05, 3.63) is 29.3 Å². The summed E-state index contributed by atoms with van der Waals surface area (Å²) in [5, 5.41) is 8.96. The Morgan fingerprint density at radius 2 is 2.13 bits per heavy atom. The van der Waals surface area contributed by atoms with Crippen LogP contribution in [0.15, 0.2) is 23.1 Å². The molecule has 23 heavy (non-hydrogen) atoms. The van der Waals surface area contributed by atoms with Gasteiger partial charge in [0.15, 0.2) is 0 Å². The maximum Gasteiger partial charge on any atom is 0.241 e. The van der Waals surface area contributed by atoms with Gasteiger partial charge in [-0.15, -0.1) is 12.4 Å². The summed E-state index contributed by atoms with van der Waals surface area (Å²) in [6, 6.07) is 6.61. The third-order valence-electron chi connectivity index (χ3n) is 4.78. The van der Waals surface area contributed by atoms with E-state index in [4.69, 9.17) is 11.0 Å². The lowest BCUT2D eigenvalue weighted by atomic mass is 9.74. The lowest BCUT2D eigenvalue weighted by molar-refractivity contribution is 0.191. The fraction of sp³-hybridized carbons (Fsp3) is 0.562. The summed E-state index contributed by atoms with van der Waals surface area (Å²) >= 11 is 0. The number of rotatable bonds is 4. The Hall–Kier alpha value is -1.13. The van der Waals surface area contributed by atoms with E-state index in [2.05, 4.69) is 11.6 Å². The minimum atomic E-state index is -3.65. The normalized spacial score (nSPS) is 24.5. The van der Waals surface area contributed by atoms with E-state index in [-0.39, 0.29) is 23.2 Å². The molecule has 0 saturated heterocycles. The van der Waals surface area contributed by atoms with Crippen molar-refractivity contribution in [2.45, 2.75) is 50.0 Å². The van der Waals surface area contributed by atoms with Crippen molar-refractivity contribution in [3.8, 4) is 6.07 Å². The van der Waals surface area contributed by atoms with E-state index in [1.807, 2.05) is 6.07 Å². The van der Waals surface area contributed by atoms with Crippen LogP contribution in [0.3, 0.4) is 0 Å². The van der Waals surface area contributed by atoms with Gasteiger partial charge in [-0.3, -0.25) is 0 Å². The maximum atomic E-state index is 12.7. The summed E-state index contributed by atoms with van der Waals surface area (Å²) in [5.74, 6) is 0.209. The number of hydrogen-bond donors (Lipinski definition) is 2. The lowest BCUT2D eigenvalue weighted by Gasteiger charge is -2.42. The average Bonchev–Trinajstić information content (AvgIpc) is 2.49. The first-order valence-electron chi connectivity index (χ1n) is 7.59. The molecule has 1 aliphatic carbocycles. The molecule has 1 aromatic carbocycles. The highest BCUT2D eigenvalue weighted by molar-refractivity contribution is 7.89. The molecular weight excluding hydrogens is 334 g/mol. The van der Waals surface area contributed by atoms with Gasteiger partial charge in [-0.05, 0) is 49.4 Å². The van der Waals surface area contributed by atoms with Crippen LogP contribution in [0.25, 0.3) is 0 Å². The highest BCUT2D eigenvalue weighted by atomic mass is 35.5. The van der Waals surface area contributed by atoms with E-state index in [1.54, 1.807) is 19.1 Å². The third kappa shape index (κ3) is 4.04. The van der Waals surface area contributed by atoms with Gasteiger partial charge in [-0.2, -0.15) is 5.26 Å². The summed E-state index contributed by atoms with van der Waals surface area (Å²) in [7, 11) is -3.65. The number of nitrogens with two attached hydrogens (primary N) is 1. The zero-order chi connectivity index (χ0) is 16.4. The molecule has 3 N–H and O–H groups in total. The van der Waals surface area contributed by atoms with Gasteiger partial charge in [0.1, 0.15) is 0 Å². The topological polar surface area (TPSA) is 96.0 Å². The number of nitrogens with one attached hydrogen (secondary N) is 1. The van der Waals surface area contributed by atoms with Crippen molar-refractivity contribution in [2.75, 3.05) is 6.54 Å². The van der Waals surface area contributed by atoms with Crippen molar-refractivity contribution in [1.29, 1.82) is 5.26 Å². The summed E-state index contributed by atoms with van der Waals surface area (Å²) in [6.07, 6.45) is 3.84. The molecule has 2 rings (SSSR count). The fourth-order valence-electron chi connectivity index (χ4n) is 3.17. The predicted molar refractivity (Wildman–Crippen MR) is 92.9 cm³/mol. The molecule has 1 saturated carbocycles. The van der Waals surface area contributed by atoms with Crippen molar-refractivity contribution in [2.24, 2.45) is 11.7 Å². The summed E-state index contributed by atoms with van der Waals surface area (Å²) in [6.45, 7) is 4.08. The number of halogens is 1. The number of sulfonamides is 1. The van der Waals surface area contributed by atoms with Crippen LogP contribution < -0.4 is 10.5 Å². The smallest absolute Gasteiger partial charge is 0.241 e. The van der Waals surface area contributed by atoms with E-state index < -0.39 is 15.6 Å².